The van der Waals surface area contributed by atoms with Crippen LogP contribution in [0.3, 0.4) is 0 Å². The minimum absolute atomic E-state index is 0.0103. The van der Waals surface area contributed by atoms with Gasteiger partial charge in [0.05, 0.1) is 16.5 Å². The van der Waals surface area contributed by atoms with Crippen LogP contribution in [0, 0.1) is 12.8 Å². The maximum absolute atomic E-state index is 13.7. The van der Waals surface area contributed by atoms with E-state index < -0.39 is 16.1 Å². The van der Waals surface area contributed by atoms with E-state index in [0.717, 1.165) is 17.7 Å². The van der Waals surface area contributed by atoms with Crippen LogP contribution < -0.4 is 15.0 Å². The Balaban J connectivity index is 1.39. The number of piperidine rings is 1. The van der Waals surface area contributed by atoms with Gasteiger partial charge in [-0.2, -0.15) is 4.31 Å². The minimum atomic E-state index is -3.84. The van der Waals surface area contributed by atoms with E-state index in [1.54, 1.807) is 13.0 Å². The molecule has 180 valence electrons. The molecule has 0 unspecified atom stereocenters. The maximum Gasteiger partial charge on any atom is 0.265 e. The summed E-state index contributed by atoms with van der Waals surface area (Å²) in [6.45, 7) is 4.71. The molecule has 5 rings (SSSR count). The van der Waals surface area contributed by atoms with Crippen LogP contribution in [0.4, 0.5) is 11.4 Å². The molecule has 3 aliphatic rings. The molecule has 1 saturated heterocycles. The van der Waals surface area contributed by atoms with Gasteiger partial charge in [-0.1, -0.05) is 25.1 Å². The molecule has 0 aliphatic carbocycles. The second-order valence-electron chi connectivity index (χ2n) is 9.19. The summed E-state index contributed by atoms with van der Waals surface area (Å²) in [5, 5.41) is 2.80. The van der Waals surface area contributed by atoms with Gasteiger partial charge in [0.25, 0.3) is 5.91 Å². The Morgan fingerprint density at radius 1 is 1.21 bits per heavy atom. The average molecular weight is 484 g/mol. The fourth-order valence-electron chi connectivity index (χ4n) is 5.12. The lowest BCUT2D eigenvalue weighted by Crippen LogP contribution is -2.46. The van der Waals surface area contributed by atoms with Crippen LogP contribution in [0.2, 0.25) is 0 Å². The number of para-hydroxylation sites is 1. The molecular weight excluding hydrogens is 454 g/mol. The predicted molar refractivity (Wildman–Crippen MR) is 128 cm³/mol. The normalized spacial score (nSPS) is 22.5. The van der Waals surface area contributed by atoms with Crippen LogP contribution in [-0.4, -0.2) is 50.3 Å². The molecule has 2 aromatic carbocycles. The number of nitrogens with one attached hydrogen (secondary N) is 1. The number of ether oxygens (including phenoxy) is 1. The highest BCUT2D eigenvalue weighted by molar-refractivity contribution is 7.89. The Labute approximate surface area is 199 Å². The molecule has 3 heterocycles. The van der Waals surface area contributed by atoms with Crippen LogP contribution in [0.25, 0.3) is 0 Å². The van der Waals surface area contributed by atoms with Gasteiger partial charge in [0.2, 0.25) is 15.9 Å². The van der Waals surface area contributed by atoms with E-state index in [-0.39, 0.29) is 29.2 Å². The highest BCUT2D eigenvalue weighted by Crippen LogP contribution is 2.37. The molecule has 0 bridgehead atoms. The van der Waals surface area contributed by atoms with Gasteiger partial charge >= 0.3 is 0 Å². The van der Waals surface area contributed by atoms with Gasteiger partial charge in [-0.05, 0) is 55.9 Å². The molecule has 2 amide bonds. The summed E-state index contributed by atoms with van der Waals surface area (Å²) in [4.78, 5) is 27.4. The van der Waals surface area contributed by atoms with Crippen molar-refractivity contribution in [3.05, 3.63) is 47.5 Å². The first-order valence-corrected chi connectivity index (χ1v) is 13.2. The average Bonchev–Trinajstić information content (AvgIpc) is 3.27. The molecule has 3 aliphatic heterocycles. The number of carbonyl (C=O) groups is 2. The number of hydrogen-bond acceptors (Lipinski definition) is 5. The van der Waals surface area contributed by atoms with Crippen LogP contribution in [0.1, 0.15) is 37.3 Å². The van der Waals surface area contributed by atoms with E-state index in [4.69, 9.17) is 4.74 Å². The van der Waals surface area contributed by atoms with Gasteiger partial charge in [-0.25, -0.2) is 8.42 Å². The van der Waals surface area contributed by atoms with E-state index in [1.807, 2.05) is 36.1 Å². The number of amides is 2. The third kappa shape index (κ3) is 3.86. The zero-order chi connectivity index (χ0) is 24.0. The van der Waals surface area contributed by atoms with Crippen molar-refractivity contribution in [2.24, 2.45) is 5.92 Å². The Morgan fingerprint density at radius 2 is 2.00 bits per heavy atom. The predicted octanol–water partition coefficient (Wildman–Crippen LogP) is 3.09. The van der Waals surface area contributed by atoms with Crippen LogP contribution >= 0.6 is 0 Å². The van der Waals surface area contributed by atoms with Crippen LogP contribution in [0.5, 0.6) is 5.75 Å². The van der Waals surface area contributed by atoms with Gasteiger partial charge in [0, 0.05) is 31.4 Å². The van der Waals surface area contributed by atoms with Crippen molar-refractivity contribution in [2.45, 2.75) is 50.5 Å². The molecule has 1 N–H and O–H groups in total. The monoisotopic (exact) mass is 483 g/mol. The molecular formula is C25H29N3O5S. The summed E-state index contributed by atoms with van der Waals surface area (Å²) in [6.07, 6.45) is 1.95. The summed E-state index contributed by atoms with van der Waals surface area (Å²) in [6, 6.07) is 11.0. The van der Waals surface area contributed by atoms with E-state index in [1.165, 1.54) is 10.4 Å². The molecule has 0 aromatic heterocycles. The standard InChI is InChI=1S/C25H29N3O5S/c1-3-21-24(29)26-19-13-16(2)23(14-22(19)33-21)34(31,32)27-11-6-8-18(15-27)25(30)28-12-10-17-7-4-5-9-20(17)28/h4-5,7,9,13-14,18,21H,3,6,8,10-12,15H2,1-2H3,(H,26,29)/t18-,21+/m0/s1. The molecule has 0 spiro atoms. The number of sulfonamides is 1. The van der Waals surface area contributed by atoms with Crippen molar-refractivity contribution >= 4 is 33.2 Å². The number of nitrogens with zero attached hydrogens (tertiary/aromatic N) is 2. The summed E-state index contributed by atoms with van der Waals surface area (Å²) >= 11 is 0. The van der Waals surface area contributed by atoms with Crippen molar-refractivity contribution < 1.29 is 22.7 Å². The highest BCUT2D eigenvalue weighted by Gasteiger charge is 2.38. The number of anilines is 2. The van der Waals surface area contributed by atoms with Gasteiger partial charge in [-0.15, -0.1) is 0 Å². The molecule has 8 nitrogen and oxygen atoms in total. The van der Waals surface area contributed by atoms with Crippen molar-refractivity contribution in [1.29, 1.82) is 0 Å². The Hall–Kier alpha value is -2.91. The topological polar surface area (TPSA) is 96.0 Å². The lowest BCUT2D eigenvalue weighted by atomic mass is 9.98. The molecule has 9 heteroatoms. The van der Waals surface area contributed by atoms with Gasteiger partial charge < -0.3 is 15.0 Å². The van der Waals surface area contributed by atoms with Crippen molar-refractivity contribution in [1.82, 2.24) is 4.31 Å². The number of fused-ring (bicyclic) bond motifs is 2. The van der Waals surface area contributed by atoms with E-state index >= 15 is 0 Å². The molecule has 34 heavy (non-hydrogen) atoms. The number of hydrogen-bond donors (Lipinski definition) is 1. The first-order valence-electron chi connectivity index (χ1n) is 11.8. The van der Waals surface area contributed by atoms with Gasteiger partial charge in [0.1, 0.15) is 5.75 Å². The molecule has 2 atom stereocenters. The number of rotatable bonds is 4. The Morgan fingerprint density at radius 3 is 2.79 bits per heavy atom. The zero-order valence-electron chi connectivity index (χ0n) is 19.4. The number of benzene rings is 2. The van der Waals surface area contributed by atoms with Gasteiger partial charge in [-0.3, -0.25) is 9.59 Å². The van der Waals surface area contributed by atoms with E-state index in [9.17, 15) is 18.0 Å². The lowest BCUT2D eigenvalue weighted by Gasteiger charge is -2.34. The largest absolute Gasteiger partial charge is 0.478 e. The fraction of sp³-hybridized carbons (Fsp3) is 0.440. The Bertz CT molecular complexity index is 1260. The quantitative estimate of drug-likeness (QED) is 0.721. The summed E-state index contributed by atoms with van der Waals surface area (Å²) < 4.78 is 34.5. The van der Waals surface area contributed by atoms with Crippen LogP contribution in [-0.2, 0) is 26.0 Å². The second kappa shape index (κ2) is 8.70. The molecule has 0 radical (unpaired) electrons. The van der Waals surface area contributed by atoms with Crippen LogP contribution in [0.15, 0.2) is 41.3 Å². The van der Waals surface area contributed by atoms with E-state index in [0.29, 0.717) is 49.4 Å². The zero-order valence-corrected chi connectivity index (χ0v) is 20.2. The molecule has 2 aromatic rings. The highest BCUT2D eigenvalue weighted by atomic mass is 32.2. The molecule has 0 saturated carbocycles. The summed E-state index contributed by atoms with van der Waals surface area (Å²) in [5.41, 5.74) is 3.09. The molecule has 1 fully saturated rings. The first kappa shape index (κ1) is 22.9. The van der Waals surface area contributed by atoms with Crippen molar-refractivity contribution in [2.75, 3.05) is 29.9 Å². The smallest absolute Gasteiger partial charge is 0.265 e. The van der Waals surface area contributed by atoms with Crippen molar-refractivity contribution in [3.63, 3.8) is 0 Å². The minimum Gasteiger partial charge on any atom is -0.478 e. The van der Waals surface area contributed by atoms with Gasteiger partial charge in [0.15, 0.2) is 6.10 Å². The second-order valence-corrected chi connectivity index (χ2v) is 11.1. The Kier molecular flexibility index (Phi) is 5.85. The third-order valence-electron chi connectivity index (χ3n) is 6.97. The summed E-state index contributed by atoms with van der Waals surface area (Å²) in [5.74, 6) is -0.267. The first-order chi connectivity index (χ1) is 16.3. The SMILES string of the molecule is CC[C@H]1Oc2cc(S(=O)(=O)N3CCC[C@H](C(=O)N4CCc5ccccc54)C3)c(C)cc2NC1=O. The third-order valence-corrected chi connectivity index (χ3v) is 8.98. The van der Waals surface area contributed by atoms with Crippen molar-refractivity contribution in [3.8, 4) is 5.75 Å². The summed E-state index contributed by atoms with van der Waals surface area (Å²) in [7, 11) is -3.84. The lowest BCUT2D eigenvalue weighted by molar-refractivity contribution is -0.124. The number of carbonyl (C=O) groups excluding carboxylic acids is 2. The fourth-order valence-corrected chi connectivity index (χ4v) is 6.87. The van der Waals surface area contributed by atoms with E-state index in [2.05, 4.69) is 5.32 Å². The maximum atomic E-state index is 13.7. The number of aryl methyl sites for hydroxylation is 1.